The number of carbonyl (C=O) groups is 1. The molecular formula is C21H21N3OS2. The quantitative estimate of drug-likeness (QED) is 0.758. The van der Waals surface area contributed by atoms with Crippen molar-refractivity contribution < 1.29 is 4.79 Å². The van der Waals surface area contributed by atoms with Crippen molar-refractivity contribution in [2.75, 3.05) is 11.1 Å². The van der Waals surface area contributed by atoms with E-state index in [9.17, 15) is 10.1 Å². The predicted octanol–water partition coefficient (Wildman–Crippen LogP) is 5.36. The predicted molar refractivity (Wildman–Crippen MR) is 114 cm³/mol. The Morgan fingerprint density at radius 2 is 2.07 bits per heavy atom. The average molecular weight is 396 g/mol. The van der Waals surface area contributed by atoms with Crippen LogP contribution in [0.4, 0.5) is 5.69 Å². The molecule has 1 aliphatic rings. The maximum absolute atomic E-state index is 13.2. The number of carbonyl (C=O) groups excluding carboxylic acids is 1. The number of rotatable bonds is 4. The Hall–Kier alpha value is -2.36. The molecule has 0 spiro atoms. The van der Waals surface area contributed by atoms with Crippen LogP contribution in [0, 0.1) is 24.2 Å². The topological polar surface area (TPSA) is 65.2 Å². The van der Waals surface area contributed by atoms with Crippen molar-refractivity contribution in [2.24, 2.45) is 10.9 Å². The Balaban J connectivity index is 2.05. The van der Waals surface area contributed by atoms with Crippen LogP contribution in [-0.2, 0) is 4.79 Å². The van der Waals surface area contributed by atoms with Crippen LogP contribution in [-0.4, -0.2) is 16.7 Å². The van der Waals surface area contributed by atoms with Gasteiger partial charge in [-0.05, 0) is 42.7 Å². The number of anilines is 1. The van der Waals surface area contributed by atoms with Crippen molar-refractivity contribution in [1.82, 2.24) is 0 Å². The smallest absolute Gasteiger partial charge is 0.254 e. The molecule has 4 nitrogen and oxygen atoms in total. The van der Waals surface area contributed by atoms with Crippen LogP contribution in [0.1, 0.15) is 30.2 Å². The lowest BCUT2D eigenvalue weighted by Crippen LogP contribution is -2.31. The summed E-state index contributed by atoms with van der Waals surface area (Å²) in [4.78, 5) is 18.9. The highest BCUT2D eigenvalue weighted by molar-refractivity contribution is 8.14. The maximum atomic E-state index is 13.2. The number of benzene rings is 1. The summed E-state index contributed by atoms with van der Waals surface area (Å²) in [6.07, 6.45) is 0. The summed E-state index contributed by atoms with van der Waals surface area (Å²) in [6.45, 7) is 5.86. The molecule has 2 heterocycles. The molecule has 0 saturated carbocycles. The van der Waals surface area contributed by atoms with Crippen LogP contribution in [0.3, 0.4) is 0 Å². The molecule has 0 radical (unpaired) electrons. The highest BCUT2D eigenvalue weighted by Gasteiger charge is 2.39. The van der Waals surface area contributed by atoms with Crippen molar-refractivity contribution in [3.05, 3.63) is 63.5 Å². The third-order valence-electron chi connectivity index (χ3n) is 4.50. The van der Waals surface area contributed by atoms with E-state index in [0.717, 1.165) is 26.9 Å². The van der Waals surface area contributed by atoms with Crippen LogP contribution in [0.15, 0.2) is 58.0 Å². The molecule has 138 valence electrons. The fourth-order valence-electron chi connectivity index (χ4n) is 3.21. The number of thioether (sulfide) groups is 1. The van der Waals surface area contributed by atoms with Gasteiger partial charge in [-0.2, -0.15) is 5.26 Å². The molecule has 0 bridgehead atoms. The average Bonchev–Trinajstić information content (AvgIpc) is 3.17. The zero-order chi connectivity index (χ0) is 19.4. The Morgan fingerprint density at radius 1 is 1.30 bits per heavy atom. The van der Waals surface area contributed by atoms with E-state index in [1.807, 2.05) is 62.5 Å². The molecule has 1 unspecified atom stereocenters. The van der Waals surface area contributed by atoms with Gasteiger partial charge in [0.05, 0.1) is 11.1 Å². The molecule has 0 aliphatic carbocycles. The second-order valence-electron chi connectivity index (χ2n) is 6.25. The summed E-state index contributed by atoms with van der Waals surface area (Å²) < 4.78 is 0. The first-order valence-electron chi connectivity index (χ1n) is 8.79. The molecule has 1 N–H and O–H groups in total. The molecule has 1 aromatic heterocycles. The number of para-hydroxylation sites is 1. The van der Waals surface area contributed by atoms with Crippen LogP contribution in [0.2, 0.25) is 0 Å². The number of allylic oxidation sites excluding steroid dienone is 1. The first kappa shape index (κ1) is 19.4. The zero-order valence-electron chi connectivity index (χ0n) is 15.5. The summed E-state index contributed by atoms with van der Waals surface area (Å²) >= 11 is 3.15. The SMILES string of the molecule is CCSC1=NC(C)=C(C(=O)Nc2ccccc2C)[C@H](c2cccs2)C1C#N. The highest BCUT2D eigenvalue weighted by Crippen LogP contribution is 2.43. The van der Waals surface area contributed by atoms with E-state index < -0.39 is 5.92 Å². The molecule has 2 aromatic rings. The standard InChI is InChI=1S/C21H21N3OS2/c1-4-26-21-15(12-22)19(17-10-7-11-27-17)18(14(3)23-21)20(25)24-16-9-6-5-8-13(16)2/h5-11,15,19H,4H2,1-3H3,(H,24,25)/t15?,19-/m0/s1. The van der Waals surface area contributed by atoms with Crippen molar-refractivity contribution in [3.63, 3.8) is 0 Å². The summed E-state index contributed by atoms with van der Waals surface area (Å²) in [5, 5.41) is 15.7. The number of nitriles is 1. The van der Waals surface area contributed by atoms with E-state index in [2.05, 4.69) is 16.4 Å². The van der Waals surface area contributed by atoms with Gasteiger partial charge < -0.3 is 5.32 Å². The number of aliphatic imine (C=N–C) groups is 1. The number of hydrogen-bond acceptors (Lipinski definition) is 5. The summed E-state index contributed by atoms with van der Waals surface area (Å²) in [7, 11) is 0. The van der Waals surface area contributed by atoms with Crippen LogP contribution >= 0.6 is 23.1 Å². The van der Waals surface area contributed by atoms with Gasteiger partial charge in [-0.3, -0.25) is 4.79 Å². The molecule has 0 saturated heterocycles. The molecule has 27 heavy (non-hydrogen) atoms. The lowest BCUT2D eigenvalue weighted by Gasteiger charge is -2.29. The van der Waals surface area contributed by atoms with Crippen molar-refractivity contribution in [2.45, 2.75) is 26.7 Å². The van der Waals surface area contributed by atoms with Crippen molar-refractivity contribution in [3.8, 4) is 6.07 Å². The van der Waals surface area contributed by atoms with E-state index in [1.54, 1.807) is 23.1 Å². The van der Waals surface area contributed by atoms with Gasteiger partial charge in [0.2, 0.25) is 0 Å². The lowest BCUT2D eigenvalue weighted by molar-refractivity contribution is -0.113. The van der Waals surface area contributed by atoms with E-state index in [-0.39, 0.29) is 11.8 Å². The fourth-order valence-corrected chi connectivity index (χ4v) is 4.95. The molecule has 1 amide bonds. The van der Waals surface area contributed by atoms with Gasteiger partial charge >= 0.3 is 0 Å². The maximum Gasteiger partial charge on any atom is 0.254 e. The largest absolute Gasteiger partial charge is 0.322 e. The normalized spacial score (nSPS) is 19.4. The van der Waals surface area contributed by atoms with Crippen LogP contribution < -0.4 is 5.32 Å². The fraction of sp³-hybridized carbons (Fsp3) is 0.286. The van der Waals surface area contributed by atoms with Crippen LogP contribution in [0.5, 0.6) is 0 Å². The minimum absolute atomic E-state index is 0.190. The van der Waals surface area contributed by atoms with Gasteiger partial charge in [0.15, 0.2) is 0 Å². The van der Waals surface area contributed by atoms with Gasteiger partial charge in [0, 0.05) is 27.8 Å². The molecule has 2 atom stereocenters. The Bertz CT molecular complexity index is 939. The third-order valence-corrected chi connectivity index (χ3v) is 6.38. The number of nitrogens with zero attached hydrogens (tertiary/aromatic N) is 2. The monoisotopic (exact) mass is 395 g/mol. The molecule has 3 rings (SSSR count). The minimum Gasteiger partial charge on any atom is -0.322 e. The van der Waals surface area contributed by atoms with Gasteiger partial charge in [0.1, 0.15) is 5.92 Å². The van der Waals surface area contributed by atoms with Gasteiger partial charge in [-0.1, -0.05) is 31.2 Å². The zero-order valence-corrected chi connectivity index (χ0v) is 17.2. The van der Waals surface area contributed by atoms with Crippen LogP contribution in [0.25, 0.3) is 0 Å². The van der Waals surface area contributed by atoms with E-state index in [4.69, 9.17) is 0 Å². The molecule has 0 fully saturated rings. The number of aryl methyl sites for hydroxylation is 1. The summed E-state index contributed by atoms with van der Waals surface area (Å²) in [5.41, 5.74) is 3.03. The Morgan fingerprint density at radius 3 is 2.70 bits per heavy atom. The first-order valence-corrected chi connectivity index (χ1v) is 10.7. The van der Waals surface area contributed by atoms with Crippen molar-refractivity contribution >= 4 is 39.7 Å². The van der Waals surface area contributed by atoms with Gasteiger partial charge in [-0.25, -0.2) is 4.99 Å². The summed E-state index contributed by atoms with van der Waals surface area (Å²) in [5.74, 6) is -0.100. The van der Waals surface area contributed by atoms with E-state index >= 15 is 0 Å². The molecule has 1 aromatic carbocycles. The first-order chi connectivity index (χ1) is 13.1. The Kier molecular flexibility index (Phi) is 6.15. The highest BCUT2D eigenvalue weighted by atomic mass is 32.2. The number of nitrogens with one attached hydrogen (secondary N) is 1. The number of hydrogen-bond donors (Lipinski definition) is 1. The second-order valence-corrected chi connectivity index (χ2v) is 8.51. The third kappa shape index (κ3) is 4.00. The molecule has 1 aliphatic heterocycles. The molecular weight excluding hydrogens is 374 g/mol. The molecule has 6 heteroatoms. The second kappa shape index (κ2) is 8.55. The Labute approximate surface area is 168 Å². The summed E-state index contributed by atoms with van der Waals surface area (Å²) in [6, 6.07) is 14.0. The number of thiophene rings is 1. The minimum atomic E-state index is -0.449. The van der Waals surface area contributed by atoms with E-state index in [0.29, 0.717) is 11.3 Å². The van der Waals surface area contributed by atoms with Gasteiger partial charge in [0.25, 0.3) is 5.91 Å². The van der Waals surface area contributed by atoms with Gasteiger partial charge in [-0.15, -0.1) is 23.1 Å². The van der Waals surface area contributed by atoms with E-state index in [1.165, 1.54) is 0 Å². The number of amides is 1. The lowest BCUT2D eigenvalue weighted by atomic mass is 9.82. The van der Waals surface area contributed by atoms with Crippen molar-refractivity contribution in [1.29, 1.82) is 5.26 Å².